The van der Waals surface area contributed by atoms with Crippen LogP contribution in [-0.4, -0.2) is 28.5 Å². The summed E-state index contributed by atoms with van der Waals surface area (Å²) in [6.45, 7) is -0.664. The Labute approximate surface area is 82.7 Å². The molecule has 0 saturated heterocycles. The molecule has 1 rings (SSSR count). The summed E-state index contributed by atoms with van der Waals surface area (Å²) in [6.07, 6.45) is 0.911. The molecule has 0 aliphatic heterocycles. The molecule has 1 amide bonds. The lowest BCUT2D eigenvalue weighted by atomic mass is 10.2. The summed E-state index contributed by atoms with van der Waals surface area (Å²) in [4.78, 5) is 24.2. The Morgan fingerprint density at radius 1 is 1.47 bits per heavy atom. The SMILES string of the molecule is O=C(O)CNC(=O)c1ccnc(F)c1F. The first kappa shape index (κ1) is 11.0. The molecule has 0 aromatic carbocycles. The molecule has 0 spiro atoms. The van der Waals surface area contributed by atoms with Gasteiger partial charge in [-0.25, -0.2) is 9.37 Å². The molecule has 0 bridgehead atoms. The molecular weight excluding hydrogens is 210 g/mol. The van der Waals surface area contributed by atoms with E-state index in [-0.39, 0.29) is 0 Å². The summed E-state index contributed by atoms with van der Waals surface area (Å²) >= 11 is 0. The van der Waals surface area contributed by atoms with E-state index in [1.807, 2.05) is 5.32 Å². The summed E-state index contributed by atoms with van der Waals surface area (Å²) < 4.78 is 25.5. The van der Waals surface area contributed by atoms with Crippen molar-refractivity contribution in [1.29, 1.82) is 0 Å². The monoisotopic (exact) mass is 216 g/mol. The minimum Gasteiger partial charge on any atom is -0.480 e. The van der Waals surface area contributed by atoms with Gasteiger partial charge in [-0.2, -0.15) is 4.39 Å². The van der Waals surface area contributed by atoms with Crippen molar-refractivity contribution >= 4 is 11.9 Å². The maximum atomic E-state index is 12.9. The van der Waals surface area contributed by atoms with Gasteiger partial charge in [0.05, 0.1) is 5.56 Å². The van der Waals surface area contributed by atoms with Gasteiger partial charge in [-0.3, -0.25) is 9.59 Å². The average Bonchev–Trinajstić information content (AvgIpc) is 2.18. The highest BCUT2D eigenvalue weighted by atomic mass is 19.2. The van der Waals surface area contributed by atoms with Gasteiger partial charge in [0.1, 0.15) is 6.54 Å². The van der Waals surface area contributed by atoms with Crippen molar-refractivity contribution in [2.24, 2.45) is 0 Å². The van der Waals surface area contributed by atoms with Crippen molar-refractivity contribution in [2.75, 3.05) is 6.54 Å². The lowest BCUT2D eigenvalue weighted by Crippen LogP contribution is -2.30. The Hall–Kier alpha value is -2.05. The fraction of sp³-hybridized carbons (Fsp3) is 0.125. The van der Waals surface area contributed by atoms with E-state index in [2.05, 4.69) is 4.98 Å². The number of hydrogen-bond donors (Lipinski definition) is 2. The van der Waals surface area contributed by atoms with E-state index in [0.717, 1.165) is 12.3 Å². The molecule has 1 heterocycles. The molecule has 1 aromatic heterocycles. The van der Waals surface area contributed by atoms with Crippen molar-refractivity contribution in [2.45, 2.75) is 0 Å². The van der Waals surface area contributed by atoms with E-state index in [4.69, 9.17) is 5.11 Å². The van der Waals surface area contributed by atoms with Gasteiger partial charge in [0.2, 0.25) is 5.95 Å². The topological polar surface area (TPSA) is 79.3 Å². The average molecular weight is 216 g/mol. The number of aliphatic carboxylic acids is 1. The zero-order chi connectivity index (χ0) is 11.4. The third kappa shape index (κ3) is 2.70. The number of nitrogens with one attached hydrogen (secondary N) is 1. The second-order valence-electron chi connectivity index (χ2n) is 2.54. The molecule has 0 radical (unpaired) electrons. The van der Waals surface area contributed by atoms with E-state index in [1.165, 1.54) is 0 Å². The van der Waals surface area contributed by atoms with Gasteiger partial charge in [0.15, 0.2) is 5.82 Å². The van der Waals surface area contributed by atoms with Gasteiger partial charge >= 0.3 is 5.97 Å². The number of nitrogens with zero attached hydrogens (tertiary/aromatic N) is 1. The smallest absolute Gasteiger partial charge is 0.322 e. The third-order valence-electron chi connectivity index (χ3n) is 1.49. The van der Waals surface area contributed by atoms with Crippen LogP contribution in [0.15, 0.2) is 12.3 Å². The molecule has 80 valence electrons. The van der Waals surface area contributed by atoms with Crippen LogP contribution < -0.4 is 5.32 Å². The van der Waals surface area contributed by atoms with E-state index in [1.54, 1.807) is 0 Å². The summed E-state index contributed by atoms with van der Waals surface area (Å²) in [5.41, 5.74) is -0.580. The number of carbonyl (C=O) groups is 2. The highest BCUT2D eigenvalue weighted by Crippen LogP contribution is 2.08. The molecule has 5 nitrogen and oxygen atoms in total. The predicted octanol–water partition coefficient (Wildman–Crippen LogP) is 0.174. The quantitative estimate of drug-likeness (QED) is 0.706. The second kappa shape index (κ2) is 4.45. The van der Waals surface area contributed by atoms with Crippen molar-refractivity contribution in [3.05, 3.63) is 29.6 Å². The van der Waals surface area contributed by atoms with Crippen molar-refractivity contribution in [3.8, 4) is 0 Å². The van der Waals surface area contributed by atoms with Crippen molar-refractivity contribution in [3.63, 3.8) is 0 Å². The maximum absolute atomic E-state index is 12.9. The number of aromatic nitrogens is 1. The minimum atomic E-state index is -1.40. The van der Waals surface area contributed by atoms with Gasteiger partial charge in [0.25, 0.3) is 5.91 Å². The summed E-state index contributed by atoms with van der Waals surface area (Å²) in [5, 5.41) is 10.1. The number of carboxylic acids is 1. The van der Waals surface area contributed by atoms with Crippen LogP contribution in [0.1, 0.15) is 10.4 Å². The first-order valence-electron chi connectivity index (χ1n) is 3.82. The maximum Gasteiger partial charge on any atom is 0.322 e. The molecule has 15 heavy (non-hydrogen) atoms. The predicted molar refractivity (Wildman–Crippen MR) is 44.1 cm³/mol. The van der Waals surface area contributed by atoms with Crippen LogP contribution in [0.5, 0.6) is 0 Å². The standard InChI is InChI=1S/C8H6F2N2O3/c9-6-4(1-2-11-7(6)10)8(15)12-3-5(13)14/h1-2H,3H2,(H,12,15)(H,13,14). The van der Waals surface area contributed by atoms with Gasteiger partial charge in [-0.05, 0) is 6.07 Å². The molecule has 1 aromatic rings. The fourth-order valence-electron chi connectivity index (χ4n) is 0.845. The molecule has 2 N–H and O–H groups in total. The highest BCUT2D eigenvalue weighted by Gasteiger charge is 2.16. The fourth-order valence-corrected chi connectivity index (χ4v) is 0.845. The minimum absolute atomic E-state index is 0.580. The molecule has 0 unspecified atom stereocenters. The van der Waals surface area contributed by atoms with E-state index in [9.17, 15) is 18.4 Å². The number of carbonyl (C=O) groups excluding carboxylic acids is 1. The molecule has 7 heteroatoms. The normalized spacial score (nSPS) is 9.73. The number of amides is 1. The Morgan fingerprint density at radius 3 is 2.73 bits per heavy atom. The van der Waals surface area contributed by atoms with E-state index < -0.39 is 35.7 Å². The number of rotatable bonds is 3. The molecular formula is C8H6F2N2O3. The van der Waals surface area contributed by atoms with Crippen LogP contribution in [0.25, 0.3) is 0 Å². The first-order chi connectivity index (χ1) is 7.02. The first-order valence-corrected chi connectivity index (χ1v) is 3.82. The molecule has 0 atom stereocenters. The summed E-state index contributed by atoms with van der Waals surface area (Å²) in [7, 11) is 0. The number of halogens is 2. The lowest BCUT2D eigenvalue weighted by Gasteiger charge is -2.03. The van der Waals surface area contributed by atoms with Gasteiger partial charge in [0, 0.05) is 6.20 Å². The molecule has 0 fully saturated rings. The Bertz CT molecular complexity index is 409. The number of pyridine rings is 1. The van der Waals surface area contributed by atoms with Gasteiger partial charge in [-0.1, -0.05) is 0 Å². The van der Waals surface area contributed by atoms with Crippen molar-refractivity contribution < 1.29 is 23.5 Å². The zero-order valence-electron chi connectivity index (χ0n) is 7.33. The van der Waals surface area contributed by atoms with Crippen LogP contribution in [0.3, 0.4) is 0 Å². The Balaban J connectivity index is 2.82. The second-order valence-corrected chi connectivity index (χ2v) is 2.54. The Kier molecular flexibility index (Phi) is 3.27. The number of carboxylic acid groups (broad SMARTS) is 1. The molecule has 0 saturated carbocycles. The van der Waals surface area contributed by atoms with E-state index in [0.29, 0.717) is 0 Å². The van der Waals surface area contributed by atoms with E-state index >= 15 is 0 Å². The van der Waals surface area contributed by atoms with Crippen LogP contribution in [0.4, 0.5) is 8.78 Å². The summed E-state index contributed by atoms with van der Waals surface area (Å²) in [6, 6.07) is 0.954. The van der Waals surface area contributed by atoms with Crippen LogP contribution in [0, 0.1) is 11.8 Å². The molecule has 0 aliphatic rings. The van der Waals surface area contributed by atoms with Crippen molar-refractivity contribution in [1.82, 2.24) is 10.3 Å². The highest BCUT2D eigenvalue weighted by molar-refractivity contribution is 5.95. The van der Waals surface area contributed by atoms with Gasteiger partial charge < -0.3 is 10.4 Å². The third-order valence-corrected chi connectivity index (χ3v) is 1.49. The van der Waals surface area contributed by atoms with Crippen LogP contribution in [-0.2, 0) is 4.79 Å². The Morgan fingerprint density at radius 2 is 2.13 bits per heavy atom. The molecule has 0 aliphatic carbocycles. The lowest BCUT2D eigenvalue weighted by molar-refractivity contribution is -0.135. The van der Waals surface area contributed by atoms with Gasteiger partial charge in [-0.15, -0.1) is 0 Å². The van der Waals surface area contributed by atoms with Crippen LogP contribution >= 0.6 is 0 Å². The van der Waals surface area contributed by atoms with Crippen LogP contribution in [0.2, 0.25) is 0 Å². The zero-order valence-corrected chi connectivity index (χ0v) is 7.33. The largest absolute Gasteiger partial charge is 0.480 e. The number of hydrogen-bond acceptors (Lipinski definition) is 3. The summed E-state index contributed by atoms with van der Waals surface area (Å²) in [5.74, 6) is -5.09.